The van der Waals surface area contributed by atoms with Crippen molar-refractivity contribution >= 4 is 17.4 Å². The third-order valence-electron chi connectivity index (χ3n) is 5.11. The fourth-order valence-corrected chi connectivity index (χ4v) is 3.73. The molecule has 0 saturated heterocycles. The van der Waals surface area contributed by atoms with E-state index >= 15 is 0 Å². The molecule has 4 heteroatoms. The van der Waals surface area contributed by atoms with E-state index in [0.29, 0.717) is 12.2 Å². The third kappa shape index (κ3) is 3.70. The van der Waals surface area contributed by atoms with Crippen molar-refractivity contribution < 1.29 is 9.59 Å². The number of aromatic nitrogens is 1. The van der Waals surface area contributed by atoms with E-state index in [9.17, 15) is 9.59 Å². The first-order valence-electron chi connectivity index (χ1n) is 9.38. The Bertz CT molecular complexity index is 973. The van der Waals surface area contributed by atoms with E-state index in [1.807, 2.05) is 53.2 Å². The number of carbonyl (C=O) groups is 2. The Labute approximate surface area is 158 Å². The van der Waals surface area contributed by atoms with E-state index in [2.05, 4.69) is 11.4 Å². The normalized spacial score (nSPS) is 13.0. The molecule has 0 saturated carbocycles. The van der Waals surface area contributed by atoms with Crippen molar-refractivity contribution in [3.63, 3.8) is 0 Å². The number of nitrogens with one attached hydrogen (secondary N) is 1. The van der Waals surface area contributed by atoms with Gasteiger partial charge in [-0.05, 0) is 60.6 Å². The molecule has 0 spiro atoms. The topological polar surface area (TPSA) is 51.1 Å². The van der Waals surface area contributed by atoms with Gasteiger partial charge in [-0.15, -0.1) is 0 Å². The minimum atomic E-state index is -0.581. The molecular formula is C23H22N2O2. The number of carbonyl (C=O) groups excluding carboxylic acids is 2. The Balaban J connectivity index is 1.53. The Kier molecular flexibility index (Phi) is 4.88. The van der Waals surface area contributed by atoms with Gasteiger partial charge in [0.1, 0.15) is 0 Å². The average Bonchev–Trinajstić information content (AvgIpc) is 3.16. The van der Waals surface area contributed by atoms with Crippen molar-refractivity contribution in [3.05, 3.63) is 89.2 Å². The second kappa shape index (κ2) is 7.62. The van der Waals surface area contributed by atoms with Gasteiger partial charge in [0.15, 0.2) is 0 Å². The number of anilines is 1. The number of rotatable bonds is 5. The summed E-state index contributed by atoms with van der Waals surface area (Å²) in [4.78, 5) is 25.4. The van der Waals surface area contributed by atoms with Crippen LogP contribution in [0.5, 0.6) is 0 Å². The molecule has 1 N–H and O–H groups in total. The first-order valence-corrected chi connectivity index (χ1v) is 9.38. The Morgan fingerprint density at radius 3 is 2.56 bits per heavy atom. The number of ketones is 1. The second-order valence-electron chi connectivity index (χ2n) is 6.94. The molecule has 0 radical (unpaired) electrons. The molecule has 0 bridgehead atoms. The molecule has 1 aliphatic carbocycles. The molecule has 0 aliphatic heterocycles. The number of benzene rings is 2. The molecule has 3 aromatic rings. The molecule has 0 atom stereocenters. The number of Topliss-reactive ketones (excluding diaryl/α,β-unsaturated/α-hetero) is 1. The molecule has 1 heterocycles. The van der Waals surface area contributed by atoms with Crippen LogP contribution in [-0.4, -0.2) is 16.3 Å². The lowest BCUT2D eigenvalue weighted by molar-refractivity contribution is -0.112. The van der Waals surface area contributed by atoms with Gasteiger partial charge in [0.25, 0.3) is 11.7 Å². The number of aryl methyl sites for hydroxylation is 1. The summed E-state index contributed by atoms with van der Waals surface area (Å²) in [5.41, 5.74) is 4.71. The van der Waals surface area contributed by atoms with Gasteiger partial charge in [-0.25, -0.2) is 0 Å². The van der Waals surface area contributed by atoms with Crippen LogP contribution in [0.2, 0.25) is 0 Å². The fraction of sp³-hybridized carbons (Fsp3) is 0.217. The largest absolute Gasteiger partial charge is 0.340 e. The van der Waals surface area contributed by atoms with Gasteiger partial charge in [-0.3, -0.25) is 9.59 Å². The van der Waals surface area contributed by atoms with Gasteiger partial charge in [0, 0.05) is 18.4 Å². The van der Waals surface area contributed by atoms with Gasteiger partial charge in [0.2, 0.25) is 0 Å². The zero-order valence-corrected chi connectivity index (χ0v) is 15.2. The zero-order valence-electron chi connectivity index (χ0n) is 15.2. The monoisotopic (exact) mass is 358 g/mol. The predicted molar refractivity (Wildman–Crippen MR) is 106 cm³/mol. The van der Waals surface area contributed by atoms with Crippen LogP contribution >= 0.6 is 0 Å². The molecule has 4 rings (SSSR count). The van der Waals surface area contributed by atoms with Crippen molar-refractivity contribution in [2.24, 2.45) is 0 Å². The van der Waals surface area contributed by atoms with Crippen LogP contribution in [0, 0.1) is 0 Å². The first-order chi connectivity index (χ1) is 13.2. The smallest absolute Gasteiger partial charge is 0.298 e. The van der Waals surface area contributed by atoms with Gasteiger partial charge < -0.3 is 9.88 Å². The summed E-state index contributed by atoms with van der Waals surface area (Å²) in [6, 6.07) is 19.3. The number of hydrogen-bond donors (Lipinski definition) is 1. The maximum atomic E-state index is 12.8. The Morgan fingerprint density at radius 2 is 1.70 bits per heavy atom. The summed E-state index contributed by atoms with van der Waals surface area (Å²) in [5.74, 6) is -1.09. The Morgan fingerprint density at radius 1 is 0.889 bits per heavy atom. The SMILES string of the molecule is O=C(Nc1cccc2c1CCCC2)C(=O)c1cccn1Cc1ccccc1. The number of fused-ring (bicyclic) bond motifs is 1. The molecule has 0 unspecified atom stereocenters. The lowest BCUT2D eigenvalue weighted by Crippen LogP contribution is -2.26. The summed E-state index contributed by atoms with van der Waals surface area (Å²) in [6.45, 7) is 0.558. The predicted octanol–water partition coefficient (Wildman–Crippen LogP) is 4.24. The van der Waals surface area contributed by atoms with E-state index in [4.69, 9.17) is 0 Å². The lowest BCUT2D eigenvalue weighted by atomic mass is 9.90. The highest BCUT2D eigenvalue weighted by Gasteiger charge is 2.22. The first kappa shape index (κ1) is 17.3. The van der Waals surface area contributed by atoms with E-state index in [-0.39, 0.29) is 0 Å². The van der Waals surface area contributed by atoms with Gasteiger partial charge in [-0.2, -0.15) is 0 Å². The number of hydrogen-bond acceptors (Lipinski definition) is 2. The highest BCUT2D eigenvalue weighted by atomic mass is 16.2. The van der Waals surface area contributed by atoms with Crippen LogP contribution in [0.3, 0.4) is 0 Å². The summed E-state index contributed by atoms with van der Waals surface area (Å²) in [7, 11) is 0. The highest BCUT2D eigenvalue weighted by molar-refractivity contribution is 6.46. The summed E-state index contributed by atoms with van der Waals surface area (Å²) in [5, 5.41) is 2.85. The van der Waals surface area contributed by atoms with Crippen molar-refractivity contribution in [2.45, 2.75) is 32.2 Å². The molecule has 1 amide bonds. The van der Waals surface area contributed by atoms with E-state index in [1.54, 1.807) is 12.1 Å². The van der Waals surface area contributed by atoms with E-state index in [1.165, 1.54) is 17.5 Å². The lowest BCUT2D eigenvalue weighted by Gasteiger charge is -2.19. The quantitative estimate of drug-likeness (QED) is 0.548. The maximum Gasteiger partial charge on any atom is 0.298 e. The Hall–Kier alpha value is -3.14. The van der Waals surface area contributed by atoms with Crippen LogP contribution in [0.25, 0.3) is 0 Å². The second-order valence-corrected chi connectivity index (χ2v) is 6.94. The van der Waals surface area contributed by atoms with Crippen LogP contribution in [-0.2, 0) is 24.2 Å². The summed E-state index contributed by atoms with van der Waals surface area (Å²) < 4.78 is 1.82. The molecule has 1 aliphatic rings. The average molecular weight is 358 g/mol. The highest BCUT2D eigenvalue weighted by Crippen LogP contribution is 2.28. The minimum absolute atomic E-state index is 0.404. The molecular weight excluding hydrogens is 336 g/mol. The number of amides is 1. The van der Waals surface area contributed by atoms with Crippen molar-refractivity contribution in [3.8, 4) is 0 Å². The van der Waals surface area contributed by atoms with Crippen molar-refractivity contribution in [1.29, 1.82) is 0 Å². The van der Waals surface area contributed by atoms with E-state index in [0.717, 1.165) is 30.5 Å². The molecule has 136 valence electrons. The third-order valence-corrected chi connectivity index (χ3v) is 5.11. The summed E-state index contributed by atoms with van der Waals surface area (Å²) in [6.07, 6.45) is 6.11. The van der Waals surface area contributed by atoms with Crippen LogP contribution in [0.4, 0.5) is 5.69 Å². The van der Waals surface area contributed by atoms with Crippen LogP contribution in [0.1, 0.15) is 40.0 Å². The van der Waals surface area contributed by atoms with Gasteiger partial charge >= 0.3 is 0 Å². The minimum Gasteiger partial charge on any atom is -0.340 e. The van der Waals surface area contributed by atoms with Gasteiger partial charge in [-0.1, -0.05) is 42.5 Å². The van der Waals surface area contributed by atoms with Gasteiger partial charge in [0.05, 0.1) is 5.69 Å². The van der Waals surface area contributed by atoms with Crippen molar-refractivity contribution in [1.82, 2.24) is 4.57 Å². The van der Waals surface area contributed by atoms with Crippen molar-refractivity contribution in [2.75, 3.05) is 5.32 Å². The maximum absolute atomic E-state index is 12.8. The molecule has 27 heavy (non-hydrogen) atoms. The fourth-order valence-electron chi connectivity index (χ4n) is 3.73. The molecule has 4 nitrogen and oxygen atoms in total. The van der Waals surface area contributed by atoms with E-state index < -0.39 is 11.7 Å². The number of nitrogens with zero attached hydrogens (tertiary/aromatic N) is 1. The molecule has 2 aromatic carbocycles. The zero-order chi connectivity index (χ0) is 18.6. The molecule has 0 fully saturated rings. The van der Waals surface area contributed by atoms with Crippen LogP contribution in [0.15, 0.2) is 66.9 Å². The van der Waals surface area contributed by atoms with Crippen LogP contribution < -0.4 is 5.32 Å². The summed E-state index contributed by atoms with van der Waals surface area (Å²) >= 11 is 0. The molecule has 1 aromatic heterocycles. The standard InChI is InChI=1S/C23H22N2O2/c26-22(21-14-7-15-25(21)16-17-8-2-1-3-9-17)23(27)24-20-13-6-11-18-10-4-5-12-19(18)20/h1-3,6-9,11,13-15H,4-5,10,12,16H2,(H,24,27).